The molecule has 4 nitrogen and oxygen atoms in total. The van der Waals surface area contributed by atoms with E-state index in [1.54, 1.807) is 13.0 Å². The zero-order valence-electron chi connectivity index (χ0n) is 9.64. The molecule has 1 aromatic rings. The molecule has 0 amide bonds. The maximum absolute atomic E-state index is 9.21. The van der Waals surface area contributed by atoms with Crippen LogP contribution < -0.4 is 10.6 Å². The van der Waals surface area contributed by atoms with Crippen LogP contribution in [-0.4, -0.2) is 24.8 Å². The van der Waals surface area contributed by atoms with E-state index in [-0.39, 0.29) is 6.10 Å². The van der Waals surface area contributed by atoms with Gasteiger partial charge in [0.15, 0.2) is 0 Å². The Morgan fingerprint density at radius 3 is 2.81 bits per heavy atom. The summed E-state index contributed by atoms with van der Waals surface area (Å²) in [6, 6.07) is 7.43. The third-order valence-electron chi connectivity index (χ3n) is 2.50. The molecule has 0 saturated heterocycles. The summed E-state index contributed by atoms with van der Waals surface area (Å²) in [5.41, 5.74) is 7.69. The molecule has 4 heteroatoms. The molecule has 1 aromatic carbocycles. The minimum absolute atomic E-state index is 0.331. The number of aliphatic hydroxyl groups excluding tert-OH is 1. The van der Waals surface area contributed by atoms with Gasteiger partial charge in [0.25, 0.3) is 0 Å². The molecule has 0 aliphatic carbocycles. The van der Waals surface area contributed by atoms with Crippen molar-refractivity contribution in [2.45, 2.75) is 19.4 Å². The zero-order chi connectivity index (χ0) is 12.1. The lowest BCUT2D eigenvalue weighted by Crippen LogP contribution is -2.22. The first-order chi connectivity index (χ1) is 7.56. The number of nitrogens with two attached hydrogens (primary N) is 1. The van der Waals surface area contributed by atoms with Gasteiger partial charge in [-0.2, -0.15) is 5.26 Å². The van der Waals surface area contributed by atoms with Crippen molar-refractivity contribution in [3.63, 3.8) is 0 Å². The van der Waals surface area contributed by atoms with Gasteiger partial charge in [-0.05, 0) is 25.5 Å². The van der Waals surface area contributed by atoms with Gasteiger partial charge in [-0.15, -0.1) is 0 Å². The number of nitrogen functional groups attached to an aromatic ring is 1. The normalized spacial score (nSPS) is 11.9. The smallest absolute Gasteiger partial charge is 0.101 e. The maximum atomic E-state index is 9.21. The number of nitriles is 1. The Labute approximate surface area is 95.9 Å². The van der Waals surface area contributed by atoms with E-state index in [0.29, 0.717) is 24.2 Å². The summed E-state index contributed by atoms with van der Waals surface area (Å²) in [6.45, 7) is 2.46. The Morgan fingerprint density at radius 2 is 2.25 bits per heavy atom. The van der Waals surface area contributed by atoms with Gasteiger partial charge in [0.05, 0.1) is 23.0 Å². The summed E-state index contributed by atoms with van der Waals surface area (Å²) in [6.07, 6.45) is 0.343. The Balaban J connectivity index is 2.84. The van der Waals surface area contributed by atoms with Crippen molar-refractivity contribution in [1.82, 2.24) is 0 Å². The summed E-state index contributed by atoms with van der Waals surface area (Å²) < 4.78 is 0. The lowest BCUT2D eigenvalue weighted by Gasteiger charge is -2.22. The molecule has 16 heavy (non-hydrogen) atoms. The predicted octanol–water partition coefficient (Wildman–Crippen LogP) is 1.35. The van der Waals surface area contributed by atoms with E-state index in [1.165, 1.54) is 0 Å². The van der Waals surface area contributed by atoms with Crippen LogP contribution in [0.1, 0.15) is 18.9 Å². The number of nitrogens with zero attached hydrogens (tertiary/aromatic N) is 2. The van der Waals surface area contributed by atoms with Crippen molar-refractivity contribution in [3.8, 4) is 6.07 Å². The molecular weight excluding hydrogens is 202 g/mol. The van der Waals surface area contributed by atoms with E-state index in [4.69, 9.17) is 11.0 Å². The van der Waals surface area contributed by atoms with Gasteiger partial charge in [-0.25, -0.2) is 0 Å². The second kappa shape index (κ2) is 5.38. The third-order valence-corrected chi connectivity index (χ3v) is 2.50. The van der Waals surface area contributed by atoms with Crippen LogP contribution in [0.5, 0.6) is 0 Å². The van der Waals surface area contributed by atoms with Crippen LogP contribution in [0.4, 0.5) is 11.4 Å². The van der Waals surface area contributed by atoms with E-state index >= 15 is 0 Å². The number of hydrogen-bond acceptors (Lipinski definition) is 4. The van der Waals surface area contributed by atoms with Crippen LogP contribution in [0.2, 0.25) is 0 Å². The van der Waals surface area contributed by atoms with E-state index in [0.717, 1.165) is 5.69 Å². The number of benzene rings is 1. The Morgan fingerprint density at radius 1 is 1.56 bits per heavy atom. The first-order valence-corrected chi connectivity index (χ1v) is 5.24. The molecule has 0 radical (unpaired) electrons. The number of rotatable bonds is 4. The number of aliphatic hydroxyl groups is 1. The van der Waals surface area contributed by atoms with Crippen LogP contribution >= 0.6 is 0 Å². The highest BCUT2D eigenvalue weighted by atomic mass is 16.3. The van der Waals surface area contributed by atoms with Crippen LogP contribution in [0.15, 0.2) is 18.2 Å². The molecule has 3 N–H and O–H groups in total. The topological polar surface area (TPSA) is 73.3 Å². The minimum Gasteiger partial charge on any atom is -0.396 e. The van der Waals surface area contributed by atoms with Gasteiger partial charge >= 0.3 is 0 Å². The molecule has 1 rings (SSSR count). The quantitative estimate of drug-likeness (QED) is 0.750. The Bertz CT molecular complexity index is 396. The second-order valence-electron chi connectivity index (χ2n) is 3.91. The molecule has 0 saturated carbocycles. The van der Waals surface area contributed by atoms with Crippen molar-refractivity contribution < 1.29 is 5.11 Å². The van der Waals surface area contributed by atoms with Crippen molar-refractivity contribution >= 4 is 11.4 Å². The van der Waals surface area contributed by atoms with Gasteiger partial charge in [0, 0.05) is 13.6 Å². The molecule has 0 fully saturated rings. The molecule has 1 atom stereocenters. The molecule has 0 aliphatic rings. The predicted molar refractivity (Wildman–Crippen MR) is 65.1 cm³/mol. The van der Waals surface area contributed by atoms with Crippen LogP contribution in [-0.2, 0) is 0 Å². The minimum atomic E-state index is -0.331. The van der Waals surface area contributed by atoms with E-state index in [9.17, 15) is 5.11 Å². The van der Waals surface area contributed by atoms with E-state index in [2.05, 4.69) is 6.07 Å². The van der Waals surface area contributed by atoms with Crippen molar-refractivity contribution in [2.75, 3.05) is 24.2 Å². The maximum Gasteiger partial charge on any atom is 0.101 e. The number of hydrogen-bond donors (Lipinski definition) is 2. The molecule has 0 bridgehead atoms. The molecule has 0 spiro atoms. The van der Waals surface area contributed by atoms with E-state index < -0.39 is 0 Å². The third kappa shape index (κ3) is 2.88. The molecule has 0 aromatic heterocycles. The van der Waals surface area contributed by atoms with Gasteiger partial charge in [0.2, 0.25) is 0 Å². The fourth-order valence-corrected chi connectivity index (χ4v) is 1.48. The largest absolute Gasteiger partial charge is 0.396 e. The van der Waals surface area contributed by atoms with Gasteiger partial charge in [-0.3, -0.25) is 0 Å². The fourth-order valence-electron chi connectivity index (χ4n) is 1.48. The van der Waals surface area contributed by atoms with Crippen LogP contribution in [0.3, 0.4) is 0 Å². The van der Waals surface area contributed by atoms with E-state index in [1.807, 2.05) is 24.1 Å². The zero-order valence-corrected chi connectivity index (χ0v) is 9.64. The lowest BCUT2D eigenvalue weighted by atomic mass is 10.1. The SMILES string of the molecule is CC(O)CCN(C)c1cccc(C#N)c1N. The highest BCUT2D eigenvalue weighted by molar-refractivity contribution is 5.73. The summed E-state index contributed by atoms with van der Waals surface area (Å²) in [7, 11) is 1.90. The Kier molecular flexibility index (Phi) is 4.15. The highest BCUT2D eigenvalue weighted by Gasteiger charge is 2.09. The summed E-state index contributed by atoms with van der Waals surface area (Å²) in [5.74, 6) is 0. The Hall–Kier alpha value is -1.73. The van der Waals surface area contributed by atoms with Crippen molar-refractivity contribution in [2.24, 2.45) is 0 Å². The van der Waals surface area contributed by atoms with Crippen molar-refractivity contribution in [3.05, 3.63) is 23.8 Å². The molecule has 0 heterocycles. The average molecular weight is 219 g/mol. The fraction of sp³-hybridized carbons (Fsp3) is 0.417. The molecule has 1 unspecified atom stereocenters. The average Bonchev–Trinajstić information content (AvgIpc) is 2.26. The van der Waals surface area contributed by atoms with Crippen molar-refractivity contribution in [1.29, 1.82) is 5.26 Å². The lowest BCUT2D eigenvalue weighted by molar-refractivity contribution is 0.187. The summed E-state index contributed by atoms with van der Waals surface area (Å²) in [5, 5.41) is 18.1. The molecule has 86 valence electrons. The molecule has 0 aliphatic heterocycles. The van der Waals surface area contributed by atoms with Gasteiger partial charge in [-0.1, -0.05) is 6.07 Å². The van der Waals surface area contributed by atoms with Gasteiger partial charge < -0.3 is 15.7 Å². The van der Waals surface area contributed by atoms with Crippen LogP contribution in [0, 0.1) is 11.3 Å². The van der Waals surface area contributed by atoms with Gasteiger partial charge in [0.1, 0.15) is 6.07 Å². The number of anilines is 2. The summed E-state index contributed by atoms with van der Waals surface area (Å²) in [4.78, 5) is 1.95. The number of para-hydroxylation sites is 1. The monoisotopic (exact) mass is 219 g/mol. The molecular formula is C12H17N3O. The standard InChI is InChI=1S/C12H17N3O/c1-9(16)6-7-15(2)11-5-3-4-10(8-13)12(11)14/h3-5,9,16H,6-7,14H2,1-2H3. The summed E-state index contributed by atoms with van der Waals surface area (Å²) >= 11 is 0. The van der Waals surface area contributed by atoms with Crippen LogP contribution in [0.25, 0.3) is 0 Å². The highest BCUT2D eigenvalue weighted by Crippen LogP contribution is 2.25. The first-order valence-electron chi connectivity index (χ1n) is 5.24. The second-order valence-corrected chi connectivity index (χ2v) is 3.91. The first kappa shape index (κ1) is 12.3.